The topological polar surface area (TPSA) is 50.3 Å². The van der Waals surface area contributed by atoms with Crippen molar-refractivity contribution in [2.45, 2.75) is 38.8 Å². The Hall–Kier alpha value is -0.720. The Labute approximate surface area is 113 Å². The summed E-state index contributed by atoms with van der Waals surface area (Å²) in [5.41, 5.74) is 0. The van der Waals surface area contributed by atoms with Gasteiger partial charge in [-0.05, 0) is 14.0 Å². The van der Waals surface area contributed by atoms with Crippen molar-refractivity contribution in [2.24, 2.45) is 0 Å². The second kappa shape index (κ2) is 5.95. The van der Waals surface area contributed by atoms with Crippen LogP contribution in [-0.2, 0) is 4.74 Å². The number of ether oxygens (including phenoxy) is 1. The largest absolute Gasteiger partial charge is 0.373 e. The normalized spacial score (nSPS) is 23.3. The van der Waals surface area contributed by atoms with Gasteiger partial charge in [0.25, 0.3) is 0 Å². The molecule has 6 heteroatoms. The van der Waals surface area contributed by atoms with Gasteiger partial charge < -0.3 is 15.0 Å². The molecule has 1 N–H and O–H groups in total. The Morgan fingerprint density at radius 3 is 2.83 bits per heavy atom. The Bertz CT molecular complexity index is 382. The van der Waals surface area contributed by atoms with Crippen molar-refractivity contribution in [1.82, 2.24) is 14.3 Å². The summed E-state index contributed by atoms with van der Waals surface area (Å²) in [7, 11) is 2.13. The van der Waals surface area contributed by atoms with Gasteiger partial charge in [-0.15, -0.1) is 0 Å². The average Bonchev–Trinajstić information content (AvgIpc) is 2.77. The number of hydrogen-bond donors (Lipinski definition) is 1. The molecule has 5 nitrogen and oxygen atoms in total. The number of nitrogens with zero attached hydrogens (tertiary/aromatic N) is 3. The van der Waals surface area contributed by atoms with Crippen molar-refractivity contribution < 1.29 is 4.74 Å². The second-order valence-corrected chi connectivity index (χ2v) is 5.97. The van der Waals surface area contributed by atoms with Crippen LogP contribution in [0.15, 0.2) is 0 Å². The molecular weight excluding hydrogens is 248 g/mol. The molecule has 0 aromatic carbocycles. The first-order chi connectivity index (χ1) is 8.56. The number of aromatic nitrogens is 2. The molecule has 0 aliphatic carbocycles. The number of rotatable bonds is 4. The van der Waals surface area contributed by atoms with Gasteiger partial charge in [-0.25, -0.2) is 4.98 Å². The van der Waals surface area contributed by atoms with Crippen LogP contribution >= 0.6 is 11.5 Å². The van der Waals surface area contributed by atoms with Gasteiger partial charge in [0.2, 0.25) is 5.13 Å². The molecule has 1 aliphatic heterocycles. The third-order valence-electron chi connectivity index (χ3n) is 3.16. The molecule has 18 heavy (non-hydrogen) atoms. The minimum absolute atomic E-state index is 0.218. The van der Waals surface area contributed by atoms with E-state index in [9.17, 15) is 0 Å². The molecule has 0 bridgehead atoms. The van der Waals surface area contributed by atoms with Gasteiger partial charge in [0.05, 0.1) is 18.8 Å². The van der Waals surface area contributed by atoms with E-state index in [4.69, 9.17) is 4.74 Å². The quantitative estimate of drug-likeness (QED) is 0.904. The highest BCUT2D eigenvalue weighted by Crippen LogP contribution is 2.19. The van der Waals surface area contributed by atoms with E-state index >= 15 is 0 Å². The van der Waals surface area contributed by atoms with Crippen LogP contribution in [0.4, 0.5) is 5.13 Å². The van der Waals surface area contributed by atoms with E-state index in [1.165, 1.54) is 11.5 Å². The summed E-state index contributed by atoms with van der Waals surface area (Å²) in [4.78, 5) is 6.79. The van der Waals surface area contributed by atoms with E-state index in [-0.39, 0.29) is 12.1 Å². The zero-order chi connectivity index (χ0) is 13.1. The van der Waals surface area contributed by atoms with Gasteiger partial charge in [0, 0.05) is 30.5 Å². The van der Waals surface area contributed by atoms with Gasteiger partial charge in [-0.3, -0.25) is 0 Å². The molecule has 1 aliphatic rings. The van der Waals surface area contributed by atoms with Crippen LogP contribution in [0, 0.1) is 0 Å². The van der Waals surface area contributed by atoms with Crippen LogP contribution in [0.25, 0.3) is 0 Å². The van der Waals surface area contributed by atoms with Gasteiger partial charge in [-0.1, -0.05) is 13.8 Å². The fourth-order valence-corrected chi connectivity index (χ4v) is 2.73. The lowest BCUT2D eigenvalue weighted by atomic mass is 10.1. The minimum Gasteiger partial charge on any atom is -0.373 e. The van der Waals surface area contributed by atoms with Crippen LogP contribution < -0.4 is 5.32 Å². The van der Waals surface area contributed by atoms with Gasteiger partial charge in [0.1, 0.15) is 5.82 Å². The molecule has 0 radical (unpaired) electrons. The number of morpholine rings is 1. The lowest BCUT2D eigenvalue weighted by molar-refractivity contribution is -0.0259. The highest BCUT2D eigenvalue weighted by Gasteiger charge is 2.24. The molecule has 0 amide bonds. The van der Waals surface area contributed by atoms with Crippen molar-refractivity contribution in [3.63, 3.8) is 0 Å². The van der Waals surface area contributed by atoms with Crippen molar-refractivity contribution in [3.8, 4) is 0 Å². The maximum Gasteiger partial charge on any atom is 0.202 e. The molecule has 2 unspecified atom stereocenters. The van der Waals surface area contributed by atoms with Crippen LogP contribution in [0.2, 0.25) is 0 Å². The maximum absolute atomic E-state index is 5.79. The number of anilines is 1. The van der Waals surface area contributed by atoms with E-state index < -0.39 is 0 Å². The highest BCUT2D eigenvalue weighted by molar-refractivity contribution is 7.09. The zero-order valence-corrected chi connectivity index (χ0v) is 12.3. The zero-order valence-electron chi connectivity index (χ0n) is 11.5. The molecule has 1 aromatic heterocycles. The fraction of sp³-hybridized carbons (Fsp3) is 0.833. The van der Waals surface area contributed by atoms with E-state index in [2.05, 4.69) is 47.4 Å². The summed E-state index contributed by atoms with van der Waals surface area (Å²) in [6.45, 7) is 9.13. The summed E-state index contributed by atoms with van der Waals surface area (Å²) >= 11 is 1.43. The predicted molar refractivity (Wildman–Crippen MR) is 74.3 cm³/mol. The van der Waals surface area contributed by atoms with Gasteiger partial charge in [-0.2, -0.15) is 4.37 Å². The molecule has 0 spiro atoms. The van der Waals surface area contributed by atoms with Gasteiger partial charge >= 0.3 is 0 Å². The third-order valence-corrected chi connectivity index (χ3v) is 3.82. The highest BCUT2D eigenvalue weighted by atomic mass is 32.1. The SMILES string of the molecule is CC(C)c1nsc(NC(C)C2CN(C)CCO2)n1. The molecule has 1 aromatic rings. The Kier molecular flexibility index (Phi) is 4.53. The lowest BCUT2D eigenvalue weighted by Gasteiger charge is -2.33. The summed E-state index contributed by atoms with van der Waals surface area (Å²) in [5, 5.41) is 4.29. The first kappa shape index (κ1) is 13.7. The smallest absolute Gasteiger partial charge is 0.202 e. The summed E-state index contributed by atoms with van der Waals surface area (Å²) in [6.07, 6.45) is 0.218. The molecule has 2 rings (SSSR count). The fourth-order valence-electron chi connectivity index (χ4n) is 1.93. The minimum atomic E-state index is 0.218. The molecule has 1 fully saturated rings. The summed E-state index contributed by atoms with van der Waals surface area (Å²) < 4.78 is 10.1. The molecule has 1 saturated heterocycles. The van der Waals surface area contributed by atoms with E-state index in [1.54, 1.807) is 0 Å². The number of hydrogen-bond acceptors (Lipinski definition) is 6. The first-order valence-electron chi connectivity index (χ1n) is 6.46. The lowest BCUT2D eigenvalue weighted by Crippen LogP contribution is -2.47. The number of likely N-dealkylation sites (N-methyl/N-ethyl adjacent to an activating group) is 1. The molecule has 0 saturated carbocycles. The summed E-state index contributed by atoms with van der Waals surface area (Å²) in [5.74, 6) is 1.29. The maximum atomic E-state index is 5.79. The van der Waals surface area contributed by atoms with E-state index in [0.717, 1.165) is 30.7 Å². The van der Waals surface area contributed by atoms with E-state index in [1.807, 2.05) is 0 Å². The van der Waals surface area contributed by atoms with Gasteiger partial charge in [0.15, 0.2) is 0 Å². The summed E-state index contributed by atoms with van der Waals surface area (Å²) in [6, 6.07) is 0.251. The monoisotopic (exact) mass is 270 g/mol. The molecular formula is C12H22N4OS. The van der Waals surface area contributed by atoms with E-state index in [0.29, 0.717) is 5.92 Å². The van der Waals surface area contributed by atoms with Crippen LogP contribution in [0.5, 0.6) is 0 Å². The second-order valence-electron chi connectivity index (χ2n) is 5.22. The first-order valence-corrected chi connectivity index (χ1v) is 7.24. The Morgan fingerprint density at radius 1 is 1.44 bits per heavy atom. The van der Waals surface area contributed by atoms with Crippen LogP contribution in [0.1, 0.15) is 32.5 Å². The Balaban J connectivity index is 1.91. The predicted octanol–water partition coefficient (Wildman–Crippen LogP) is 1.79. The van der Waals surface area contributed by atoms with Crippen molar-refractivity contribution in [1.29, 1.82) is 0 Å². The Morgan fingerprint density at radius 2 is 2.22 bits per heavy atom. The van der Waals surface area contributed by atoms with Crippen molar-refractivity contribution in [2.75, 3.05) is 32.1 Å². The molecule has 2 atom stereocenters. The third kappa shape index (κ3) is 3.40. The molecule has 102 valence electrons. The van der Waals surface area contributed by atoms with Crippen molar-refractivity contribution >= 4 is 16.7 Å². The standard InChI is InChI=1S/C12H22N4OS/c1-8(2)11-14-12(18-15-11)13-9(3)10-7-16(4)5-6-17-10/h8-10H,5-7H2,1-4H3,(H,13,14,15). The van der Waals surface area contributed by atoms with Crippen LogP contribution in [0.3, 0.4) is 0 Å². The molecule has 2 heterocycles. The van der Waals surface area contributed by atoms with Crippen LogP contribution in [-0.4, -0.2) is 53.1 Å². The average molecular weight is 270 g/mol. The number of nitrogens with one attached hydrogen (secondary N) is 1. The van der Waals surface area contributed by atoms with Crippen molar-refractivity contribution in [3.05, 3.63) is 5.82 Å².